The largest absolute Gasteiger partial charge is 0.494 e. The normalized spacial score (nSPS) is 21.0. The molecule has 2 heterocycles. The molecule has 1 amide bonds. The van der Waals surface area contributed by atoms with Crippen LogP contribution in [-0.2, 0) is 10.2 Å². The van der Waals surface area contributed by atoms with Crippen LogP contribution in [0.25, 0.3) is 0 Å². The number of fused-ring (bicyclic) bond motifs is 2. The molecule has 4 nitrogen and oxygen atoms in total. The zero-order valence-corrected chi connectivity index (χ0v) is 15.2. The number of para-hydroxylation sites is 1. The highest BCUT2D eigenvalue weighted by molar-refractivity contribution is 6.08. The SMILES string of the molecule is Cl.O=C1N(CCCOc2ccc(F)cc2)c2ccccc2C12CCNC2. The van der Waals surface area contributed by atoms with Crippen molar-refractivity contribution in [3.05, 3.63) is 59.9 Å². The Morgan fingerprint density at radius 1 is 1.15 bits per heavy atom. The number of ether oxygens (including phenoxy) is 1. The summed E-state index contributed by atoms with van der Waals surface area (Å²) in [4.78, 5) is 15.0. The van der Waals surface area contributed by atoms with Gasteiger partial charge in [0.15, 0.2) is 0 Å². The molecule has 1 atom stereocenters. The van der Waals surface area contributed by atoms with Gasteiger partial charge in [0.25, 0.3) is 0 Å². The Hall–Kier alpha value is -2.11. The Morgan fingerprint density at radius 2 is 1.92 bits per heavy atom. The molecule has 1 saturated heterocycles. The minimum absolute atomic E-state index is 0. The van der Waals surface area contributed by atoms with Gasteiger partial charge in [-0.05, 0) is 55.3 Å². The summed E-state index contributed by atoms with van der Waals surface area (Å²) in [6.07, 6.45) is 1.58. The summed E-state index contributed by atoms with van der Waals surface area (Å²) >= 11 is 0. The number of rotatable bonds is 5. The highest BCUT2D eigenvalue weighted by Crippen LogP contribution is 2.45. The van der Waals surface area contributed by atoms with Gasteiger partial charge in [0.05, 0.1) is 12.0 Å². The summed E-state index contributed by atoms with van der Waals surface area (Å²) in [6.45, 7) is 2.70. The number of benzene rings is 2. The lowest BCUT2D eigenvalue weighted by atomic mass is 9.81. The van der Waals surface area contributed by atoms with Crippen LogP contribution in [0.3, 0.4) is 0 Å². The summed E-state index contributed by atoms with van der Waals surface area (Å²) in [5, 5.41) is 3.34. The van der Waals surface area contributed by atoms with Gasteiger partial charge in [0.2, 0.25) is 5.91 Å². The van der Waals surface area contributed by atoms with E-state index < -0.39 is 5.41 Å². The first kappa shape index (κ1) is 18.7. The maximum Gasteiger partial charge on any atom is 0.239 e. The molecule has 1 unspecified atom stereocenters. The van der Waals surface area contributed by atoms with E-state index in [1.54, 1.807) is 12.1 Å². The molecule has 6 heteroatoms. The molecule has 2 aromatic rings. The highest BCUT2D eigenvalue weighted by atomic mass is 35.5. The zero-order chi connectivity index (χ0) is 17.3. The molecule has 0 bridgehead atoms. The molecule has 138 valence electrons. The standard InChI is InChI=1S/C20H21FN2O2.ClH/c21-15-6-8-16(9-7-15)25-13-3-12-23-18-5-2-1-4-17(18)20(19(23)24)10-11-22-14-20;/h1-2,4-9,22H,3,10-14H2;1H. The average Bonchev–Trinajstić information content (AvgIpc) is 3.21. The number of nitrogens with zero attached hydrogens (tertiary/aromatic N) is 1. The maximum absolute atomic E-state index is 13.1. The minimum Gasteiger partial charge on any atom is -0.494 e. The third-order valence-corrected chi connectivity index (χ3v) is 5.13. The fourth-order valence-corrected chi connectivity index (χ4v) is 3.87. The van der Waals surface area contributed by atoms with E-state index in [0.29, 0.717) is 25.4 Å². The van der Waals surface area contributed by atoms with E-state index in [4.69, 9.17) is 4.74 Å². The third kappa shape index (κ3) is 3.17. The van der Waals surface area contributed by atoms with Gasteiger partial charge in [-0.15, -0.1) is 12.4 Å². The van der Waals surface area contributed by atoms with Crippen molar-refractivity contribution in [3.8, 4) is 5.75 Å². The van der Waals surface area contributed by atoms with Crippen LogP contribution in [0, 0.1) is 5.82 Å². The first-order valence-corrected chi connectivity index (χ1v) is 8.71. The predicted molar refractivity (Wildman–Crippen MR) is 102 cm³/mol. The molecular formula is C20H22ClFN2O2. The lowest BCUT2D eigenvalue weighted by Crippen LogP contribution is -2.42. The monoisotopic (exact) mass is 376 g/mol. The number of halogens is 2. The van der Waals surface area contributed by atoms with Crippen molar-refractivity contribution in [1.82, 2.24) is 5.32 Å². The predicted octanol–water partition coefficient (Wildman–Crippen LogP) is 3.29. The number of carbonyl (C=O) groups excluding carboxylic acids is 1. The summed E-state index contributed by atoms with van der Waals surface area (Å²) in [6, 6.07) is 14.1. The van der Waals surface area contributed by atoms with Crippen molar-refractivity contribution in [1.29, 1.82) is 0 Å². The number of anilines is 1. The second-order valence-corrected chi connectivity index (χ2v) is 6.64. The molecule has 2 aliphatic rings. The van der Waals surface area contributed by atoms with E-state index in [-0.39, 0.29) is 24.1 Å². The van der Waals surface area contributed by atoms with Crippen LogP contribution in [-0.4, -0.2) is 32.1 Å². The second-order valence-electron chi connectivity index (χ2n) is 6.64. The Morgan fingerprint density at radius 3 is 2.65 bits per heavy atom. The molecule has 0 aliphatic carbocycles. The van der Waals surface area contributed by atoms with Crippen LogP contribution in [0.4, 0.5) is 10.1 Å². The first-order valence-electron chi connectivity index (χ1n) is 8.71. The maximum atomic E-state index is 13.1. The molecule has 2 aliphatic heterocycles. The number of amides is 1. The lowest BCUT2D eigenvalue weighted by Gasteiger charge is -2.23. The van der Waals surface area contributed by atoms with Crippen LogP contribution in [0.2, 0.25) is 0 Å². The number of hydrogen-bond acceptors (Lipinski definition) is 3. The van der Waals surface area contributed by atoms with Crippen molar-refractivity contribution >= 4 is 24.0 Å². The van der Waals surface area contributed by atoms with Gasteiger partial charge in [-0.1, -0.05) is 18.2 Å². The van der Waals surface area contributed by atoms with E-state index >= 15 is 0 Å². The highest BCUT2D eigenvalue weighted by Gasteiger charge is 2.51. The van der Waals surface area contributed by atoms with Crippen LogP contribution in [0.5, 0.6) is 5.75 Å². The molecule has 1 N–H and O–H groups in total. The van der Waals surface area contributed by atoms with Gasteiger partial charge in [-0.25, -0.2) is 4.39 Å². The molecule has 1 fully saturated rings. The van der Waals surface area contributed by atoms with Crippen LogP contribution in [0.15, 0.2) is 48.5 Å². The molecule has 26 heavy (non-hydrogen) atoms. The lowest BCUT2D eigenvalue weighted by molar-refractivity contribution is -0.122. The summed E-state index contributed by atoms with van der Waals surface area (Å²) < 4.78 is 18.5. The Balaban J connectivity index is 0.00000196. The molecular weight excluding hydrogens is 355 g/mol. The molecule has 2 aromatic carbocycles. The second kappa shape index (κ2) is 7.64. The van der Waals surface area contributed by atoms with Crippen molar-refractivity contribution in [3.63, 3.8) is 0 Å². The van der Waals surface area contributed by atoms with Crippen molar-refractivity contribution < 1.29 is 13.9 Å². The van der Waals surface area contributed by atoms with Gasteiger partial charge in [0, 0.05) is 18.8 Å². The Bertz CT molecular complexity index is 776. The van der Waals surface area contributed by atoms with Crippen LogP contribution >= 0.6 is 12.4 Å². The first-order chi connectivity index (χ1) is 12.2. The van der Waals surface area contributed by atoms with Gasteiger partial charge in [-0.2, -0.15) is 0 Å². The Labute approximate surface area is 158 Å². The van der Waals surface area contributed by atoms with E-state index in [1.807, 2.05) is 23.1 Å². The quantitative estimate of drug-likeness (QED) is 0.814. The summed E-state index contributed by atoms with van der Waals surface area (Å²) in [5.74, 6) is 0.564. The smallest absolute Gasteiger partial charge is 0.239 e. The van der Waals surface area contributed by atoms with Crippen molar-refractivity contribution in [2.45, 2.75) is 18.3 Å². The van der Waals surface area contributed by atoms with Gasteiger partial charge in [-0.3, -0.25) is 4.79 Å². The zero-order valence-electron chi connectivity index (χ0n) is 14.4. The topological polar surface area (TPSA) is 41.6 Å². The summed E-state index contributed by atoms with van der Waals surface area (Å²) in [7, 11) is 0. The van der Waals surface area contributed by atoms with E-state index in [1.165, 1.54) is 12.1 Å². The minimum atomic E-state index is -0.394. The van der Waals surface area contributed by atoms with Gasteiger partial charge in [0.1, 0.15) is 11.6 Å². The molecule has 0 saturated carbocycles. The number of nitrogens with one attached hydrogen (secondary N) is 1. The molecule has 0 aromatic heterocycles. The number of carbonyl (C=O) groups is 1. The van der Waals surface area contributed by atoms with Crippen molar-refractivity contribution in [2.24, 2.45) is 0 Å². The summed E-state index contributed by atoms with van der Waals surface area (Å²) in [5.41, 5.74) is 1.77. The van der Waals surface area contributed by atoms with Gasteiger partial charge >= 0.3 is 0 Å². The number of hydrogen-bond donors (Lipinski definition) is 1. The van der Waals surface area contributed by atoms with E-state index in [2.05, 4.69) is 11.4 Å². The van der Waals surface area contributed by atoms with E-state index in [9.17, 15) is 9.18 Å². The van der Waals surface area contributed by atoms with Gasteiger partial charge < -0.3 is 15.0 Å². The van der Waals surface area contributed by atoms with Crippen molar-refractivity contribution in [2.75, 3.05) is 31.1 Å². The molecule has 0 radical (unpaired) electrons. The van der Waals surface area contributed by atoms with Crippen LogP contribution < -0.4 is 15.0 Å². The Kier molecular flexibility index (Phi) is 5.49. The molecule has 1 spiro atoms. The fourth-order valence-electron chi connectivity index (χ4n) is 3.87. The van der Waals surface area contributed by atoms with E-state index in [0.717, 1.165) is 30.6 Å². The molecule has 4 rings (SSSR count). The average molecular weight is 377 g/mol. The van der Waals surface area contributed by atoms with Crippen LogP contribution in [0.1, 0.15) is 18.4 Å². The third-order valence-electron chi connectivity index (χ3n) is 5.13. The fraction of sp³-hybridized carbons (Fsp3) is 0.350.